The van der Waals surface area contributed by atoms with Crippen molar-refractivity contribution in [3.05, 3.63) is 28.2 Å². The van der Waals surface area contributed by atoms with Gasteiger partial charge in [-0.15, -0.1) is 0 Å². The Morgan fingerprint density at radius 1 is 1.38 bits per heavy atom. The molecule has 1 aliphatic rings. The lowest BCUT2D eigenvalue weighted by Gasteiger charge is -2.23. The number of hydrogen-bond acceptors (Lipinski definition) is 2. The van der Waals surface area contributed by atoms with Gasteiger partial charge in [0.25, 0.3) is 0 Å². The highest BCUT2D eigenvalue weighted by Crippen LogP contribution is 2.30. The Bertz CT molecular complexity index is 372. The van der Waals surface area contributed by atoms with Gasteiger partial charge in [0.05, 0.1) is 5.60 Å². The Kier molecular flexibility index (Phi) is 3.55. The predicted molar refractivity (Wildman–Crippen MR) is 70.8 cm³/mol. The molecule has 0 radical (unpaired) electrons. The molecule has 0 aromatic heterocycles. The smallest absolute Gasteiger partial charge is 0.0819 e. The molecule has 2 rings (SSSR count). The van der Waals surface area contributed by atoms with E-state index in [1.807, 2.05) is 12.1 Å². The third-order valence-electron chi connectivity index (χ3n) is 3.41. The Morgan fingerprint density at radius 2 is 2.06 bits per heavy atom. The fourth-order valence-electron chi connectivity index (χ4n) is 2.27. The lowest BCUT2D eigenvalue weighted by Crippen LogP contribution is -2.33. The van der Waals surface area contributed by atoms with Crippen LogP contribution in [0.4, 0.5) is 5.69 Å². The second kappa shape index (κ2) is 4.76. The number of halogens is 1. The quantitative estimate of drug-likeness (QED) is 0.890. The van der Waals surface area contributed by atoms with Crippen molar-refractivity contribution < 1.29 is 5.11 Å². The van der Waals surface area contributed by atoms with Gasteiger partial charge < -0.3 is 10.4 Å². The van der Waals surface area contributed by atoms with Crippen LogP contribution in [0, 0.1) is 6.92 Å². The van der Waals surface area contributed by atoms with Gasteiger partial charge in [-0.2, -0.15) is 0 Å². The minimum atomic E-state index is -0.491. The molecule has 0 atom stereocenters. The summed E-state index contributed by atoms with van der Waals surface area (Å²) in [6.07, 6.45) is 4.14. The number of benzene rings is 1. The molecular weight excluding hydrogens is 266 g/mol. The van der Waals surface area contributed by atoms with Crippen LogP contribution >= 0.6 is 15.9 Å². The second-order valence-electron chi connectivity index (χ2n) is 4.70. The first-order valence-electron chi connectivity index (χ1n) is 5.82. The molecule has 88 valence electrons. The van der Waals surface area contributed by atoms with Gasteiger partial charge in [-0.1, -0.05) is 34.8 Å². The maximum atomic E-state index is 10.2. The summed E-state index contributed by atoms with van der Waals surface area (Å²) in [5, 5.41) is 13.6. The first-order valence-corrected chi connectivity index (χ1v) is 6.61. The molecule has 1 aliphatic carbocycles. The Balaban J connectivity index is 2.02. The van der Waals surface area contributed by atoms with Gasteiger partial charge in [-0.05, 0) is 37.5 Å². The van der Waals surface area contributed by atoms with Crippen molar-refractivity contribution in [2.75, 3.05) is 11.9 Å². The highest BCUT2D eigenvalue weighted by molar-refractivity contribution is 9.10. The molecule has 16 heavy (non-hydrogen) atoms. The summed E-state index contributed by atoms with van der Waals surface area (Å²) in [5.74, 6) is 0. The van der Waals surface area contributed by atoms with E-state index in [4.69, 9.17) is 0 Å². The van der Waals surface area contributed by atoms with E-state index in [1.165, 1.54) is 5.56 Å². The molecular formula is C13H18BrNO. The van der Waals surface area contributed by atoms with E-state index < -0.39 is 5.60 Å². The molecule has 0 spiro atoms. The zero-order chi connectivity index (χ0) is 11.6. The van der Waals surface area contributed by atoms with Crippen molar-refractivity contribution in [2.45, 2.75) is 38.2 Å². The topological polar surface area (TPSA) is 32.3 Å². The summed E-state index contributed by atoms with van der Waals surface area (Å²) in [6.45, 7) is 2.73. The van der Waals surface area contributed by atoms with Crippen LogP contribution in [0.2, 0.25) is 0 Å². The Hall–Kier alpha value is -0.540. The van der Waals surface area contributed by atoms with Crippen molar-refractivity contribution in [1.82, 2.24) is 0 Å². The number of rotatable bonds is 3. The third kappa shape index (κ3) is 2.58. The molecule has 0 bridgehead atoms. The molecule has 0 amide bonds. The van der Waals surface area contributed by atoms with Crippen molar-refractivity contribution in [2.24, 2.45) is 0 Å². The van der Waals surface area contributed by atoms with E-state index in [-0.39, 0.29) is 0 Å². The van der Waals surface area contributed by atoms with Crippen LogP contribution in [-0.4, -0.2) is 17.3 Å². The minimum absolute atomic E-state index is 0.491. The number of aliphatic hydroxyl groups is 1. The average molecular weight is 284 g/mol. The molecule has 0 unspecified atom stereocenters. The summed E-state index contributed by atoms with van der Waals surface area (Å²) >= 11 is 3.51. The SMILES string of the molecule is Cc1c(Br)cccc1NCC1(O)CCCC1. The van der Waals surface area contributed by atoms with Crippen LogP contribution in [0.3, 0.4) is 0 Å². The molecule has 1 fully saturated rings. The zero-order valence-electron chi connectivity index (χ0n) is 9.59. The Labute approximate surface area is 105 Å². The molecule has 2 N–H and O–H groups in total. The zero-order valence-corrected chi connectivity index (χ0v) is 11.2. The minimum Gasteiger partial charge on any atom is -0.388 e. The van der Waals surface area contributed by atoms with E-state index >= 15 is 0 Å². The maximum absolute atomic E-state index is 10.2. The monoisotopic (exact) mass is 283 g/mol. The predicted octanol–water partition coefficient (Wildman–Crippen LogP) is 3.47. The van der Waals surface area contributed by atoms with Crippen LogP contribution in [0.5, 0.6) is 0 Å². The van der Waals surface area contributed by atoms with Crippen LogP contribution in [0.1, 0.15) is 31.2 Å². The van der Waals surface area contributed by atoms with Gasteiger partial charge in [0.1, 0.15) is 0 Å². The van der Waals surface area contributed by atoms with Crippen LogP contribution in [-0.2, 0) is 0 Å². The van der Waals surface area contributed by atoms with E-state index in [0.717, 1.165) is 35.8 Å². The lowest BCUT2D eigenvalue weighted by molar-refractivity contribution is 0.0614. The van der Waals surface area contributed by atoms with E-state index in [1.54, 1.807) is 0 Å². The summed E-state index contributed by atoms with van der Waals surface area (Å²) in [5.41, 5.74) is 1.81. The molecule has 0 heterocycles. The number of nitrogens with one attached hydrogen (secondary N) is 1. The van der Waals surface area contributed by atoms with Gasteiger partial charge in [0.2, 0.25) is 0 Å². The van der Waals surface area contributed by atoms with E-state index in [9.17, 15) is 5.11 Å². The number of anilines is 1. The van der Waals surface area contributed by atoms with Crippen molar-refractivity contribution in [3.63, 3.8) is 0 Å². The largest absolute Gasteiger partial charge is 0.388 e. The summed E-state index contributed by atoms with van der Waals surface area (Å²) in [4.78, 5) is 0. The molecule has 0 aliphatic heterocycles. The standard InChI is InChI=1S/C13H18BrNO/c1-10-11(14)5-4-6-12(10)15-9-13(16)7-2-3-8-13/h4-6,15-16H,2-3,7-9H2,1H3. The van der Waals surface area contributed by atoms with E-state index in [2.05, 4.69) is 34.2 Å². The summed E-state index contributed by atoms with van der Waals surface area (Å²) in [7, 11) is 0. The van der Waals surface area contributed by atoms with Gasteiger partial charge in [0, 0.05) is 16.7 Å². The van der Waals surface area contributed by atoms with Crippen LogP contribution in [0.15, 0.2) is 22.7 Å². The van der Waals surface area contributed by atoms with Crippen molar-refractivity contribution in [1.29, 1.82) is 0 Å². The van der Waals surface area contributed by atoms with Crippen LogP contribution < -0.4 is 5.32 Å². The first-order chi connectivity index (χ1) is 7.61. The highest BCUT2D eigenvalue weighted by atomic mass is 79.9. The fraction of sp³-hybridized carbons (Fsp3) is 0.538. The van der Waals surface area contributed by atoms with Crippen molar-refractivity contribution >= 4 is 21.6 Å². The van der Waals surface area contributed by atoms with Gasteiger partial charge in [0.15, 0.2) is 0 Å². The second-order valence-corrected chi connectivity index (χ2v) is 5.55. The lowest BCUT2D eigenvalue weighted by atomic mass is 10.0. The van der Waals surface area contributed by atoms with Gasteiger partial charge >= 0.3 is 0 Å². The summed E-state index contributed by atoms with van der Waals surface area (Å²) in [6, 6.07) is 6.10. The van der Waals surface area contributed by atoms with Crippen LogP contribution in [0.25, 0.3) is 0 Å². The van der Waals surface area contributed by atoms with Gasteiger partial charge in [-0.3, -0.25) is 0 Å². The van der Waals surface area contributed by atoms with Gasteiger partial charge in [-0.25, -0.2) is 0 Å². The number of hydrogen-bond donors (Lipinski definition) is 2. The molecule has 1 aromatic carbocycles. The molecule has 1 saturated carbocycles. The highest BCUT2D eigenvalue weighted by Gasteiger charge is 2.30. The van der Waals surface area contributed by atoms with Crippen molar-refractivity contribution in [3.8, 4) is 0 Å². The third-order valence-corrected chi connectivity index (χ3v) is 4.27. The Morgan fingerprint density at radius 3 is 2.75 bits per heavy atom. The normalized spacial score (nSPS) is 18.7. The maximum Gasteiger partial charge on any atom is 0.0819 e. The average Bonchev–Trinajstić information content (AvgIpc) is 2.68. The fourth-order valence-corrected chi connectivity index (χ4v) is 2.63. The summed E-state index contributed by atoms with van der Waals surface area (Å²) < 4.78 is 1.11. The first kappa shape index (κ1) is 11.9. The molecule has 2 nitrogen and oxygen atoms in total. The molecule has 3 heteroatoms. The molecule has 0 saturated heterocycles. The van der Waals surface area contributed by atoms with E-state index in [0.29, 0.717) is 6.54 Å². The molecule has 1 aromatic rings.